The van der Waals surface area contributed by atoms with Gasteiger partial charge in [0, 0.05) is 29.8 Å². The number of rotatable bonds is 3. The van der Waals surface area contributed by atoms with Crippen molar-refractivity contribution in [2.45, 2.75) is 31.8 Å². The number of hydrogen-bond donors (Lipinski definition) is 0. The van der Waals surface area contributed by atoms with Gasteiger partial charge in [-0.3, -0.25) is 0 Å². The zero-order chi connectivity index (χ0) is 10.1. The summed E-state index contributed by atoms with van der Waals surface area (Å²) in [6.07, 6.45) is 2.15. The summed E-state index contributed by atoms with van der Waals surface area (Å²) < 4.78 is 23.6. The van der Waals surface area contributed by atoms with Crippen molar-refractivity contribution in [3.05, 3.63) is 12.0 Å². The molecule has 0 bridgehead atoms. The van der Waals surface area contributed by atoms with E-state index in [-0.39, 0.29) is 5.03 Å². The molecular formula is C7H11ClN2O2S. The number of aryl methyl sites for hydroxylation is 2. The summed E-state index contributed by atoms with van der Waals surface area (Å²) in [4.78, 5) is 3.91. The molecule has 1 heterocycles. The van der Waals surface area contributed by atoms with Gasteiger partial charge in [-0.25, -0.2) is 13.4 Å². The van der Waals surface area contributed by atoms with E-state index in [0.29, 0.717) is 13.0 Å². The molecular weight excluding hydrogens is 212 g/mol. The van der Waals surface area contributed by atoms with Crippen molar-refractivity contribution < 1.29 is 8.42 Å². The van der Waals surface area contributed by atoms with Crippen LogP contribution in [0.25, 0.3) is 0 Å². The summed E-state index contributed by atoms with van der Waals surface area (Å²) in [6, 6.07) is 0. The summed E-state index contributed by atoms with van der Waals surface area (Å²) in [7, 11) is 1.47. The molecule has 0 saturated carbocycles. The molecule has 0 atom stereocenters. The summed E-state index contributed by atoms with van der Waals surface area (Å²) in [5.74, 6) is 0.738. The van der Waals surface area contributed by atoms with Crippen LogP contribution >= 0.6 is 10.7 Å². The lowest BCUT2D eigenvalue weighted by molar-refractivity contribution is 0.606. The van der Waals surface area contributed by atoms with Crippen molar-refractivity contribution in [3.8, 4) is 0 Å². The predicted molar refractivity (Wildman–Crippen MR) is 50.3 cm³/mol. The average molecular weight is 223 g/mol. The van der Waals surface area contributed by atoms with E-state index in [9.17, 15) is 8.42 Å². The Kier molecular flexibility index (Phi) is 2.98. The Hall–Kier alpha value is -0.550. The van der Waals surface area contributed by atoms with E-state index >= 15 is 0 Å². The third-order valence-electron chi connectivity index (χ3n) is 1.74. The van der Waals surface area contributed by atoms with Crippen LogP contribution in [0.1, 0.15) is 19.7 Å². The molecule has 0 N–H and O–H groups in total. The number of nitrogens with zero attached hydrogens (tertiary/aromatic N) is 2. The Morgan fingerprint density at radius 1 is 1.54 bits per heavy atom. The molecule has 1 aromatic rings. The van der Waals surface area contributed by atoms with Crippen LogP contribution in [-0.4, -0.2) is 18.0 Å². The van der Waals surface area contributed by atoms with Gasteiger partial charge in [0.1, 0.15) is 5.82 Å². The van der Waals surface area contributed by atoms with E-state index in [1.807, 2.05) is 13.8 Å². The SMILES string of the molecule is CCc1nc(S(=O)(=O)Cl)cn1CC. The molecule has 74 valence electrons. The van der Waals surface area contributed by atoms with Crippen LogP contribution in [0, 0.1) is 0 Å². The van der Waals surface area contributed by atoms with Crippen molar-refractivity contribution in [2.24, 2.45) is 0 Å². The van der Waals surface area contributed by atoms with Crippen molar-refractivity contribution >= 4 is 19.7 Å². The van der Waals surface area contributed by atoms with E-state index in [4.69, 9.17) is 10.7 Å². The van der Waals surface area contributed by atoms with Gasteiger partial charge >= 0.3 is 0 Å². The Morgan fingerprint density at radius 2 is 2.15 bits per heavy atom. The molecule has 1 aromatic heterocycles. The van der Waals surface area contributed by atoms with Crippen LogP contribution < -0.4 is 0 Å². The highest BCUT2D eigenvalue weighted by Crippen LogP contribution is 2.14. The van der Waals surface area contributed by atoms with Crippen LogP contribution in [-0.2, 0) is 22.0 Å². The number of aromatic nitrogens is 2. The smallest absolute Gasteiger partial charge is 0.280 e. The average Bonchev–Trinajstić information content (AvgIpc) is 2.45. The van der Waals surface area contributed by atoms with Crippen LogP contribution in [0.15, 0.2) is 11.2 Å². The summed E-state index contributed by atoms with van der Waals surface area (Å²) in [5.41, 5.74) is 0. The number of imidazole rings is 1. The highest BCUT2D eigenvalue weighted by molar-refractivity contribution is 8.13. The molecule has 13 heavy (non-hydrogen) atoms. The second-order valence-electron chi connectivity index (χ2n) is 2.57. The highest BCUT2D eigenvalue weighted by Gasteiger charge is 2.15. The summed E-state index contributed by atoms with van der Waals surface area (Å²) >= 11 is 0. The lowest BCUT2D eigenvalue weighted by Crippen LogP contribution is -1.98. The van der Waals surface area contributed by atoms with Crippen LogP contribution in [0.2, 0.25) is 0 Å². The van der Waals surface area contributed by atoms with E-state index in [1.165, 1.54) is 6.20 Å². The van der Waals surface area contributed by atoms with Gasteiger partial charge in [0.2, 0.25) is 0 Å². The fourth-order valence-electron chi connectivity index (χ4n) is 1.10. The highest BCUT2D eigenvalue weighted by atomic mass is 35.7. The molecule has 0 fully saturated rings. The van der Waals surface area contributed by atoms with Gasteiger partial charge in [-0.15, -0.1) is 0 Å². The van der Waals surface area contributed by atoms with E-state index in [1.54, 1.807) is 4.57 Å². The second-order valence-corrected chi connectivity index (χ2v) is 5.09. The first-order valence-corrected chi connectivity index (χ1v) is 6.30. The fourth-order valence-corrected chi connectivity index (χ4v) is 1.79. The molecule has 0 aliphatic heterocycles. The van der Waals surface area contributed by atoms with Crippen molar-refractivity contribution in [1.82, 2.24) is 9.55 Å². The van der Waals surface area contributed by atoms with Gasteiger partial charge < -0.3 is 4.57 Å². The third-order valence-corrected chi connectivity index (χ3v) is 2.91. The van der Waals surface area contributed by atoms with Crippen molar-refractivity contribution in [3.63, 3.8) is 0 Å². The van der Waals surface area contributed by atoms with Gasteiger partial charge in [-0.05, 0) is 6.92 Å². The van der Waals surface area contributed by atoms with E-state index in [0.717, 1.165) is 5.82 Å². The first-order valence-electron chi connectivity index (χ1n) is 3.99. The maximum atomic E-state index is 10.9. The minimum absolute atomic E-state index is 0.0622. The standard InChI is InChI=1S/C7H11ClN2O2S/c1-3-6-9-7(13(8,11)12)5-10(6)4-2/h5H,3-4H2,1-2H3. The first-order chi connectivity index (χ1) is 5.99. The molecule has 0 amide bonds. The maximum absolute atomic E-state index is 10.9. The largest absolute Gasteiger partial charge is 0.334 e. The second kappa shape index (κ2) is 3.67. The Labute approximate surface area is 82.0 Å². The van der Waals surface area contributed by atoms with E-state index < -0.39 is 9.05 Å². The van der Waals surface area contributed by atoms with Gasteiger partial charge in [-0.1, -0.05) is 6.92 Å². The monoisotopic (exact) mass is 222 g/mol. The van der Waals surface area contributed by atoms with Crippen LogP contribution in [0.3, 0.4) is 0 Å². The molecule has 0 unspecified atom stereocenters. The molecule has 0 radical (unpaired) electrons. The van der Waals surface area contributed by atoms with Crippen molar-refractivity contribution in [1.29, 1.82) is 0 Å². The minimum atomic E-state index is -3.68. The molecule has 4 nitrogen and oxygen atoms in total. The lowest BCUT2D eigenvalue weighted by Gasteiger charge is -1.98. The topological polar surface area (TPSA) is 52.0 Å². The Morgan fingerprint density at radius 3 is 2.46 bits per heavy atom. The maximum Gasteiger partial charge on any atom is 0.280 e. The molecule has 0 spiro atoms. The van der Waals surface area contributed by atoms with Crippen LogP contribution in [0.4, 0.5) is 0 Å². The zero-order valence-corrected chi connectivity index (χ0v) is 9.06. The minimum Gasteiger partial charge on any atom is -0.334 e. The fraction of sp³-hybridized carbons (Fsp3) is 0.571. The molecule has 0 aliphatic rings. The Balaban J connectivity index is 3.22. The normalized spacial score (nSPS) is 11.9. The number of halogens is 1. The molecule has 1 rings (SSSR count). The van der Waals surface area contributed by atoms with Gasteiger partial charge in [-0.2, -0.15) is 0 Å². The number of hydrogen-bond acceptors (Lipinski definition) is 3. The van der Waals surface area contributed by atoms with E-state index in [2.05, 4.69) is 4.98 Å². The molecule has 6 heteroatoms. The molecule has 0 aliphatic carbocycles. The van der Waals surface area contributed by atoms with Gasteiger partial charge in [0.25, 0.3) is 9.05 Å². The van der Waals surface area contributed by atoms with Gasteiger partial charge in [0.15, 0.2) is 5.03 Å². The predicted octanol–water partition coefficient (Wildman–Crippen LogP) is 1.39. The molecule has 0 saturated heterocycles. The quantitative estimate of drug-likeness (QED) is 0.727. The van der Waals surface area contributed by atoms with Crippen molar-refractivity contribution in [2.75, 3.05) is 0 Å². The lowest BCUT2D eigenvalue weighted by atomic mass is 10.4. The summed E-state index contributed by atoms with van der Waals surface area (Å²) in [5, 5.41) is -0.0622. The third kappa shape index (κ3) is 2.22. The molecule has 0 aromatic carbocycles. The first kappa shape index (κ1) is 10.5. The van der Waals surface area contributed by atoms with Gasteiger partial charge in [0.05, 0.1) is 0 Å². The zero-order valence-electron chi connectivity index (χ0n) is 7.49. The van der Waals surface area contributed by atoms with Crippen LogP contribution in [0.5, 0.6) is 0 Å². The summed E-state index contributed by atoms with van der Waals surface area (Å²) in [6.45, 7) is 4.53. The Bertz CT molecular complexity index is 375.